The van der Waals surface area contributed by atoms with E-state index in [1.54, 1.807) is 75.6 Å². The van der Waals surface area contributed by atoms with Gasteiger partial charge < -0.3 is 4.52 Å². The summed E-state index contributed by atoms with van der Waals surface area (Å²) < 4.78 is 4.87. The quantitative estimate of drug-likeness (QED) is 0.488. The van der Waals surface area contributed by atoms with Crippen molar-refractivity contribution in [1.29, 1.82) is 0 Å². The van der Waals surface area contributed by atoms with E-state index < -0.39 is 29.1 Å². The molecule has 0 spiro atoms. The van der Waals surface area contributed by atoms with Gasteiger partial charge in [-0.2, -0.15) is 0 Å². The van der Waals surface area contributed by atoms with Crippen LogP contribution in [0, 0.1) is 11.3 Å². The van der Waals surface area contributed by atoms with Gasteiger partial charge in [-0.15, -0.1) is 0 Å². The first-order chi connectivity index (χ1) is 14.3. The molecule has 0 bridgehead atoms. The lowest BCUT2D eigenvalue weighted by Crippen LogP contribution is -2.35. The van der Waals surface area contributed by atoms with Crippen LogP contribution in [0.25, 0.3) is 11.3 Å². The minimum Gasteiger partial charge on any atom is -0.364 e. The van der Waals surface area contributed by atoms with Gasteiger partial charge in [0.25, 0.3) is 5.91 Å². The van der Waals surface area contributed by atoms with E-state index in [1.807, 2.05) is 0 Å². The molecule has 0 aliphatic carbocycles. The highest BCUT2D eigenvalue weighted by Crippen LogP contribution is 2.42. The summed E-state index contributed by atoms with van der Waals surface area (Å²) in [6, 6.07) is 11.6. The molecule has 3 aromatic rings. The number of carbonyl (C=O) groups is 3. The smallest absolute Gasteiger partial charge is 0.295 e. The van der Waals surface area contributed by atoms with Gasteiger partial charge >= 0.3 is 0 Å². The number of hydrogen-bond donors (Lipinski definition) is 0. The molecule has 30 heavy (non-hydrogen) atoms. The number of rotatable bonds is 4. The Kier molecular flexibility index (Phi) is 4.81. The Balaban J connectivity index is 1.80. The van der Waals surface area contributed by atoms with Crippen LogP contribution in [0.2, 0.25) is 0 Å². The molecule has 1 saturated heterocycles. The van der Waals surface area contributed by atoms with E-state index in [2.05, 4.69) is 10.1 Å². The van der Waals surface area contributed by atoms with Crippen LogP contribution in [0.5, 0.6) is 0 Å². The molecule has 1 aliphatic rings. The molecule has 7 heteroatoms. The number of benzene rings is 1. The fourth-order valence-corrected chi connectivity index (χ4v) is 3.72. The average Bonchev–Trinajstić information content (AvgIpc) is 3.35. The topological polar surface area (TPSA) is 93.4 Å². The lowest BCUT2D eigenvalue weighted by molar-refractivity contribution is -0.141. The summed E-state index contributed by atoms with van der Waals surface area (Å²) in [6.45, 7) is 5.26. The Morgan fingerprint density at radius 1 is 1.07 bits per heavy atom. The monoisotopic (exact) mass is 403 g/mol. The summed E-state index contributed by atoms with van der Waals surface area (Å²) in [4.78, 5) is 44.7. The van der Waals surface area contributed by atoms with Gasteiger partial charge in [-0.05, 0) is 23.8 Å². The fourth-order valence-electron chi connectivity index (χ4n) is 3.72. The summed E-state index contributed by atoms with van der Waals surface area (Å²) in [5.74, 6) is -2.74. The van der Waals surface area contributed by atoms with Crippen LogP contribution in [0.4, 0.5) is 5.69 Å². The van der Waals surface area contributed by atoms with Crippen molar-refractivity contribution in [3.63, 3.8) is 0 Å². The molecule has 2 unspecified atom stereocenters. The van der Waals surface area contributed by atoms with Crippen molar-refractivity contribution in [1.82, 2.24) is 10.1 Å². The van der Waals surface area contributed by atoms with Gasteiger partial charge in [0.1, 0.15) is 17.9 Å². The summed E-state index contributed by atoms with van der Waals surface area (Å²) in [6.07, 6.45) is 4.68. The van der Waals surface area contributed by atoms with E-state index in [9.17, 15) is 14.4 Å². The highest BCUT2D eigenvalue weighted by molar-refractivity contribution is 6.48. The Morgan fingerprint density at radius 3 is 2.37 bits per heavy atom. The summed E-state index contributed by atoms with van der Waals surface area (Å²) in [7, 11) is 0. The molecule has 152 valence electrons. The Labute approximate surface area is 173 Å². The summed E-state index contributed by atoms with van der Waals surface area (Å²) in [5, 5.41) is 3.90. The zero-order chi connectivity index (χ0) is 21.5. The number of anilines is 1. The molecule has 1 aliphatic heterocycles. The number of pyridine rings is 1. The number of carbonyl (C=O) groups excluding carboxylic acids is 3. The molecule has 0 radical (unpaired) electrons. The molecule has 1 fully saturated rings. The second-order valence-electron chi connectivity index (χ2n) is 8.29. The summed E-state index contributed by atoms with van der Waals surface area (Å²) >= 11 is 0. The number of Topliss-reactive ketones (excluding diaryl/α,β-unsaturated/α-hetero) is 2. The predicted molar refractivity (Wildman–Crippen MR) is 109 cm³/mol. The van der Waals surface area contributed by atoms with Crippen LogP contribution in [0.3, 0.4) is 0 Å². The Morgan fingerprint density at radius 2 is 1.80 bits per heavy atom. The molecule has 0 N–H and O–H groups in total. The van der Waals surface area contributed by atoms with Gasteiger partial charge in [0, 0.05) is 35.1 Å². The molecule has 3 heterocycles. The van der Waals surface area contributed by atoms with Crippen molar-refractivity contribution < 1.29 is 18.9 Å². The molecule has 1 amide bonds. The van der Waals surface area contributed by atoms with Crippen LogP contribution >= 0.6 is 0 Å². The minimum atomic E-state index is -1.09. The number of amides is 1. The van der Waals surface area contributed by atoms with E-state index in [0.717, 1.165) is 5.56 Å². The predicted octanol–water partition coefficient (Wildman–Crippen LogP) is 3.63. The van der Waals surface area contributed by atoms with Gasteiger partial charge in [-0.25, -0.2) is 0 Å². The van der Waals surface area contributed by atoms with Crippen molar-refractivity contribution in [3.8, 4) is 11.3 Å². The van der Waals surface area contributed by atoms with Crippen LogP contribution < -0.4 is 4.90 Å². The first kappa shape index (κ1) is 19.7. The van der Waals surface area contributed by atoms with Gasteiger partial charge in [-0.1, -0.05) is 44.1 Å². The SMILES string of the molecule is CC(C)(C)C(=O)C1C(=O)C(=O)N(c2ccc(-c3ccon3)cc2)C1c1cccnc1. The normalized spacial score (nSPS) is 19.4. The number of ketones is 2. The van der Waals surface area contributed by atoms with E-state index >= 15 is 0 Å². The number of hydrogen-bond acceptors (Lipinski definition) is 6. The van der Waals surface area contributed by atoms with Crippen molar-refractivity contribution in [2.75, 3.05) is 4.90 Å². The first-order valence-electron chi connectivity index (χ1n) is 9.61. The molecule has 1 aromatic carbocycles. The highest BCUT2D eigenvalue weighted by atomic mass is 16.5. The third-order valence-corrected chi connectivity index (χ3v) is 5.23. The maximum atomic E-state index is 13.2. The molecule has 7 nitrogen and oxygen atoms in total. The second-order valence-corrected chi connectivity index (χ2v) is 8.29. The Hall–Kier alpha value is -3.61. The summed E-state index contributed by atoms with van der Waals surface area (Å²) in [5.41, 5.74) is 1.87. The van der Waals surface area contributed by atoms with Crippen molar-refractivity contribution in [3.05, 3.63) is 66.7 Å². The average molecular weight is 403 g/mol. The molecular weight excluding hydrogens is 382 g/mol. The molecule has 2 atom stereocenters. The second kappa shape index (κ2) is 7.33. The van der Waals surface area contributed by atoms with Crippen LogP contribution in [-0.4, -0.2) is 27.6 Å². The Bertz CT molecular complexity index is 1080. The molecule has 2 aromatic heterocycles. The van der Waals surface area contributed by atoms with E-state index in [1.165, 1.54) is 11.2 Å². The highest BCUT2D eigenvalue weighted by Gasteiger charge is 2.54. The third kappa shape index (κ3) is 3.32. The van der Waals surface area contributed by atoms with Gasteiger partial charge in [0.15, 0.2) is 5.78 Å². The van der Waals surface area contributed by atoms with Gasteiger partial charge in [0.05, 0.1) is 6.04 Å². The van der Waals surface area contributed by atoms with Crippen LogP contribution in [0.15, 0.2) is 65.6 Å². The lowest BCUT2D eigenvalue weighted by Gasteiger charge is -2.29. The molecule has 0 saturated carbocycles. The van der Waals surface area contributed by atoms with E-state index in [0.29, 0.717) is 16.9 Å². The molecule has 4 rings (SSSR count). The van der Waals surface area contributed by atoms with Crippen molar-refractivity contribution in [2.24, 2.45) is 11.3 Å². The van der Waals surface area contributed by atoms with Crippen molar-refractivity contribution >= 4 is 23.2 Å². The van der Waals surface area contributed by atoms with Crippen LogP contribution in [-0.2, 0) is 14.4 Å². The zero-order valence-corrected chi connectivity index (χ0v) is 16.9. The van der Waals surface area contributed by atoms with Crippen molar-refractivity contribution in [2.45, 2.75) is 26.8 Å². The third-order valence-electron chi connectivity index (χ3n) is 5.23. The first-order valence-corrected chi connectivity index (χ1v) is 9.61. The lowest BCUT2D eigenvalue weighted by atomic mass is 9.78. The maximum Gasteiger partial charge on any atom is 0.295 e. The molecular formula is C23H21N3O4. The standard InChI is InChI=1S/C23H21N3O4/c1-23(2,3)21(28)18-19(15-5-4-11-24-13-15)26(22(29)20(18)27)16-8-6-14(7-9-16)17-10-12-30-25-17/h4-13,18-19H,1-3H3. The van der Waals surface area contributed by atoms with Gasteiger partial charge in [0.2, 0.25) is 5.78 Å². The van der Waals surface area contributed by atoms with Gasteiger partial charge in [-0.3, -0.25) is 24.3 Å². The minimum absolute atomic E-state index is 0.267. The number of nitrogens with zero attached hydrogens (tertiary/aromatic N) is 3. The van der Waals surface area contributed by atoms with E-state index in [-0.39, 0.29) is 5.78 Å². The van der Waals surface area contributed by atoms with Crippen LogP contribution in [0.1, 0.15) is 32.4 Å². The largest absolute Gasteiger partial charge is 0.364 e. The van der Waals surface area contributed by atoms with E-state index in [4.69, 9.17) is 4.52 Å². The fraction of sp³-hybridized carbons (Fsp3) is 0.261. The maximum absolute atomic E-state index is 13.2. The number of aromatic nitrogens is 2. The zero-order valence-electron chi connectivity index (χ0n) is 16.9.